The van der Waals surface area contributed by atoms with Crippen LogP contribution in [0.3, 0.4) is 0 Å². The quantitative estimate of drug-likeness (QED) is 0.626. The highest BCUT2D eigenvalue weighted by molar-refractivity contribution is 5.97. The second kappa shape index (κ2) is 9.89. The lowest BCUT2D eigenvalue weighted by atomic mass is 9.92. The lowest BCUT2D eigenvalue weighted by molar-refractivity contribution is 0.0688. The fourth-order valence-corrected chi connectivity index (χ4v) is 4.36. The lowest BCUT2D eigenvalue weighted by Crippen LogP contribution is -2.42. The van der Waals surface area contributed by atoms with E-state index in [0.29, 0.717) is 17.9 Å². The van der Waals surface area contributed by atoms with Gasteiger partial charge in [0.15, 0.2) is 0 Å². The molecule has 0 unspecified atom stereocenters. The van der Waals surface area contributed by atoms with Crippen LogP contribution < -0.4 is 0 Å². The molecule has 172 valence electrons. The predicted molar refractivity (Wildman–Crippen MR) is 132 cm³/mol. The third-order valence-electron chi connectivity index (χ3n) is 6.62. The Kier molecular flexibility index (Phi) is 7.43. The molecule has 0 saturated heterocycles. The Morgan fingerprint density at radius 1 is 0.688 bits per heavy atom. The highest BCUT2D eigenvalue weighted by Crippen LogP contribution is 2.25. The van der Waals surface area contributed by atoms with Crippen molar-refractivity contribution in [3.63, 3.8) is 0 Å². The van der Waals surface area contributed by atoms with E-state index in [2.05, 4.69) is 65.8 Å². The molecule has 32 heavy (non-hydrogen) atoms. The minimum Gasteiger partial charge on any atom is -0.341 e. The summed E-state index contributed by atoms with van der Waals surface area (Å²) in [6.07, 6.45) is 1.97. The molecule has 4 heteroatoms. The molecule has 4 rings (SSSR count). The first kappa shape index (κ1) is 24.0. The zero-order valence-electron chi connectivity index (χ0n) is 20.7. The number of hydrogen-bond acceptors (Lipinski definition) is 2. The van der Waals surface area contributed by atoms with Crippen molar-refractivity contribution in [2.45, 2.75) is 72.3 Å². The summed E-state index contributed by atoms with van der Waals surface area (Å²) in [7, 11) is 1.86. The molecule has 2 heterocycles. The van der Waals surface area contributed by atoms with Gasteiger partial charge in [-0.3, -0.25) is 9.59 Å². The minimum absolute atomic E-state index is 0.159. The molecule has 0 atom stereocenters. The molecule has 0 N–H and O–H groups in total. The van der Waals surface area contributed by atoms with Crippen LogP contribution in [0.1, 0.15) is 96.3 Å². The van der Waals surface area contributed by atoms with Crippen LogP contribution in [0.5, 0.6) is 0 Å². The largest absolute Gasteiger partial charge is 0.341 e. The van der Waals surface area contributed by atoms with Crippen molar-refractivity contribution in [1.29, 1.82) is 0 Å². The number of likely N-dealkylation sites (N-methyl/N-ethyl adjacent to an activating group) is 1. The topological polar surface area (TPSA) is 40.6 Å². The van der Waals surface area contributed by atoms with Gasteiger partial charge in [0.05, 0.1) is 0 Å². The second-order valence-corrected chi connectivity index (χ2v) is 9.96. The molecule has 0 saturated carbocycles. The fraction of sp³-hybridized carbons (Fsp3) is 0.500. The summed E-state index contributed by atoms with van der Waals surface area (Å²) in [5.74, 6) is 1.41. The number of carbonyl (C=O) groups excluding carboxylic acids is 2. The van der Waals surface area contributed by atoms with Gasteiger partial charge in [-0.2, -0.15) is 0 Å². The van der Waals surface area contributed by atoms with Gasteiger partial charge in [-0.15, -0.1) is 0 Å². The maximum atomic E-state index is 12.3. The Balaban J connectivity index is 0.000000182. The number of rotatable bonds is 3. The molecular weight excluding hydrogens is 396 g/mol. The number of benzene rings is 2. The van der Waals surface area contributed by atoms with Crippen molar-refractivity contribution >= 4 is 11.8 Å². The third kappa shape index (κ3) is 5.06. The van der Waals surface area contributed by atoms with Gasteiger partial charge in [0.2, 0.25) is 0 Å². The van der Waals surface area contributed by atoms with Gasteiger partial charge in [-0.05, 0) is 72.9 Å². The number of amides is 2. The first-order chi connectivity index (χ1) is 15.1. The Morgan fingerprint density at radius 2 is 1.16 bits per heavy atom. The van der Waals surface area contributed by atoms with Crippen LogP contribution in [0.25, 0.3) is 0 Å². The maximum absolute atomic E-state index is 12.3. The average molecular weight is 435 g/mol. The number of hydrogen-bond donors (Lipinski definition) is 0. The van der Waals surface area contributed by atoms with E-state index in [1.807, 2.05) is 24.1 Å². The highest BCUT2D eigenvalue weighted by atomic mass is 16.2. The number of fused-ring (bicyclic) bond motifs is 2. The summed E-state index contributed by atoms with van der Waals surface area (Å²) in [6.45, 7) is 14.6. The third-order valence-corrected chi connectivity index (χ3v) is 6.62. The smallest absolute Gasteiger partial charge is 0.254 e. The Labute approximate surface area is 193 Å². The van der Waals surface area contributed by atoms with Gasteiger partial charge in [0.25, 0.3) is 11.8 Å². The first-order valence-electron chi connectivity index (χ1n) is 11.9. The van der Waals surface area contributed by atoms with E-state index in [4.69, 9.17) is 0 Å². The van der Waals surface area contributed by atoms with Crippen molar-refractivity contribution in [3.8, 4) is 0 Å². The van der Waals surface area contributed by atoms with Gasteiger partial charge in [-0.25, -0.2) is 0 Å². The van der Waals surface area contributed by atoms with Crippen LogP contribution in [-0.2, 0) is 12.8 Å². The van der Waals surface area contributed by atoms with E-state index in [9.17, 15) is 9.59 Å². The zero-order valence-corrected chi connectivity index (χ0v) is 20.7. The fourth-order valence-electron chi connectivity index (χ4n) is 4.36. The Bertz CT molecular complexity index is 991. The molecule has 0 fully saturated rings. The molecule has 2 amide bonds. The summed E-state index contributed by atoms with van der Waals surface area (Å²) in [6, 6.07) is 12.8. The molecule has 4 nitrogen and oxygen atoms in total. The van der Waals surface area contributed by atoms with Crippen molar-refractivity contribution in [3.05, 3.63) is 69.8 Å². The van der Waals surface area contributed by atoms with E-state index in [-0.39, 0.29) is 11.8 Å². The molecule has 0 bridgehead atoms. The van der Waals surface area contributed by atoms with E-state index in [1.54, 1.807) is 4.90 Å². The standard InChI is InChI=1S/C15H21NO.C13H17NO/c1-10(2)12-5-6-14-13(9-12)7-8-16(11(3)4)15(14)17;1-9(2)10-4-5-12-11(8-10)6-7-14(3)13(12)15/h5-6,9-11H,7-8H2,1-4H3;4-5,8-9H,6-7H2,1-3H3. The van der Waals surface area contributed by atoms with Crippen LogP contribution in [0, 0.1) is 0 Å². The molecule has 2 aromatic carbocycles. The lowest BCUT2D eigenvalue weighted by Gasteiger charge is -2.32. The van der Waals surface area contributed by atoms with E-state index < -0.39 is 0 Å². The maximum Gasteiger partial charge on any atom is 0.254 e. The van der Waals surface area contributed by atoms with E-state index in [0.717, 1.165) is 37.1 Å². The molecule has 0 spiro atoms. The van der Waals surface area contributed by atoms with Gasteiger partial charge < -0.3 is 9.80 Å². The average Bonchev–Trinajstić information content (AvgIpc) is 2.76. The second-order valence-electron chi connectivity index (χ2n) is 9.96. The molecule has 2 aliphatic heterocycles. The predicted octanol–water partition coefficient (Wildman–Crippen LogP) is 5.65. The molecule has 0 radical (unpaired) electrons. The van der Waals surface area contributed by atoms with Crippen molar-refractivity contribution in [1.82, 2.24) is 9.80 Å². The Morgan fingerprint density at radius 3 is 1.62 bits per heavy atom. The van der Waals surface area contributed by atoms with Gasteiger partial charge in [0, 0.05) is 37.3 Å². The van der Waals surface area contributed by atoms with Crippen LogP contribution in [0.2, 0.25) is 0 Å². The molecular formula is C28H38N2O2. The van der Waals surface area contributed by atoms with Crippen LogP contribution >= 0.6 is 0 Å². The summed E-state index contributed by atoms with van der Waals surface area (Å²) in [5.41, 5.74) is 6.87. The normalized spacial score (nSPS) is 15.7. The van der Waals surface area contributed by atoms with Crippen molar-refractivity contribution in [2.24, 2.45) is 0 Å². The monoisotopic (exact) mass is 434 g/mol. The molecule has 0 aliphatic carbocycles. The summed E-state index contributed by atoms with van der Waals surface area (Å²) in [5, 5.41) is 0. The number of carbonyl (C=O) groups is 2. The van der Waals surface area contributed by atoms with Crippen LogP contribution in [0.4, 0.5) is 0 Å². The van der Waals surface area contributed by atoms with Gasteiger partial charge in [0.1, 0.15) is 0 Å². The minimum atomic E-state index is 0.159. The van der Waals surface area contributed by atoms with E-state index in [1.165, 1.54) is 22.3 Å². The highest BCUT2D eigenvalue weighted by Gasteiger charge is 2.26. The molecule has 2 aliphatic rings. The summed E-state index contributed by atoms with van der Waals surface area (Å²) >= 11 is 0. The summed E-state index contributed by atoms with van der Waals surface area (Å²) < 4.78 is 0. The zero-order chi connectivity index (χ0) is 23.6. The van der Waals surface area contributed by atoms with E-state index >= 15 is 0 Å². The van der Waals surface area contributed by atoms with Crippen LogP contribution in [-0.4, -0.2) is 47.8 Å². The number of nitrogens with zero attached hydrogens (tertiary/aromatic N) is 2. The van der Waals surface area contributed by atoms with Crippen molar-refractivity contribution in [2.75, 3.05) is 20.1 Å². The van der Waals surface area contributed by atoms with Crippen molar-refractivity contribution < 1.29 is 9.59 Å². The molecule has 0 aromatic heterocycles. The SMILES string of the molecule is CC(C)c1ccc2c(c1)CCN(C(C)C)C2=O.CC(C)c1ccc2c(c1)CCN(C)C2=O. The van der Waals surface area contributed by atoms with Crippen LogP contribution in [0.15, 0.2) is 36.4 Å². The first-order valence-corrected chi connectivity index (χ1v) is 11.9. The van der Waals surface area contributed by atoms with Gasteiger partial charge >= 0.3 is 0 Å². The van der Waals surface area contributed by atoms with Gasteiger partial charge in [-0.1, -0.05) is 52.0 Å². The Hall–Kier alpha value is -2.62. The molecule has 2 aromatic rings. The summed E-state index contributed by atoms with van der Waals surface area (Å²) in [4.78, 5) is 27.8.